The number of aliphatic hydroxyl groups excluding tert-OH is 1. The number of carbonyl (C=O) groups excluding carboxylic acids is 1. The van der Waals surface area contributed by atoms with Crippen molar-refractivity contribution < 1.29 is 14.6 Å². The van der Waals surface area contributed by atoms with Gasteiger partial charge >= 0.3 is 11.8 Å². The molecule has 0 saturated carbocycles. The Bertz CT molecular complexity index is 1630. The molecular weight excluding hydrogens is 494 g/mol. The van der Waals surface area contributed by atoms with E-state index in [1.807, 2.05) is 55.7 Å². The fourth-order valence-corrected chi connectivity index (χ4v) is 5.09. The Morgan fingerprint density at radius 1 is 1.13 bits per heavy atom. The summed E-state index contributed by atoms with van der Waals surface area (Å²) in [6.07, 6.45) is 6.53. The lowest BCUT2D eigenvalue weighted by Gasteiger charge is -2.33. The smallest absolute Gasteiger partial charge is 0.410 e. The number of rotatable bonds is 4. The van der Waals surface area contributed by atoms with Gasteiger partial charge in [0.25, 0.3) is 0 Å². The van der Waals surface area contributed by atoms with E-state index in [4.69, 9.17) is 9.72 Å². The first-order valence-electron chi connectivity index (χ1n) is 13.3. The monoisotopic (exact) mass is 527 g/mol. The van der Waals surface area contributed by atoms with Crippen molar-refractivity contribution in [3.8, 4) is 11.8 Å². The number of benzene rings is 1. The topological polar surface area (TPSA) is 102 Å². The highest BCUT2D eigenvalue weighted by atomic mass is 16.6. The Balaban J connectivity index is 1.49. The Morgan fingerprint density at radius 2 is 1.90 bits per heavy atom. The number of pyridine rings is 2. The van der Waals surface area contributed by atoms with E-state index in [1.54, 1.807) is 28.1 Å². The van der Waals surface area contributed by atoms with Crippen LogP contribution in [0.15, 0.2) is 53.7 Å². The van der Waals surface area contributed by atoms with Crippen LogP contribution in [0, 0.1) is 11.8 Å². The highest BCUT2D eigenvalue weighted by Crippen LogP contribution is 2.27. The van der Waals surface area contributed by atoms with E-state index in [-0.39, 0.29) is 31.0 Å². The third-order valence-corrected chi connectivity index (χ3v) is 6.88. The van der Waals surface area contributed by atoms with Crippen LogP contribution in [0.1, 0.15) is 57.3 Å². The number of hydrogen-bond donors (Lipinski definition) is 1. The second-order valence-corrected chi connectivity index (χ2v) is 10.7. The summed E-state index contributed by atoms with van der Waals surface area (Å²) in [4.78, 5) is 37.2. The zero-order valence-corrected chi connectivity index (χ0v) is 22.6. The number of fused-ring (bicyclic) bond motifs is 2. The van der Waals surface area contributed by atoms with Gasteiger partial charge in [0, 0.05) is 48.7 Å². The minimum Gasteiger partial charge on any atom is -0.444 e. The Hall–Kier alpha value is -4.16. The lowest BCUT2D eigenvalue weighted by atomic mass is 10.0. The molecule has 202 valence electrons. The lowest BCUT2D eigenvalue weighted by molar-refractivity contribution is 0.0188. The van der Waals surface area contributed by atoms with Crippen LogP contribution in [0.5, 0.6) is 0 Å². The maximum absolute atomic E-state index is 13.9. The van der Waals surface area contributed by atoms with Crippen molar-refractivity contribution >= 4 is 27.9 Å². The zero-order valence-electron chi connectivity index (χ0n) is 22.6. The van der Waals surface area contributed by atoms with E-state index in [1.165, 1.54) is 0 Å². The molecule has 0 aliphatic carbocycles. The van der Waals surface area contributed by atoms with E-state index in [0.29, 0.717) is 38.0 Å². The van der Waals surface area contributed by atoms with Crippen molar-refractivity contribution in [2.45, 2.75) is 58.2 Å². The summed E-state index contributed by atoms with van der Waals surface area (Å²) in [5, 5.41) is 11.2. The summed E-state index contributed by atoms with van der Waals surface area (Å²) >= 11 is 0. The third-order valence-electron chi connectivity index (χ3n) is 6.88. The molecule has 9 nitrogen and oxygen atoms in total. The Labute approximate surface area is 227 Å². The van der Waals surface area contributed by atoms with Crippen molar-refractivity contribution in [3.05, 3.63) is 70.7 Å². The molecule has 1 amide bonds. The summed E-state index contributed by atoms with van der Waals surface area (Å²) in [5.74, 6) is 6.21. The Kier molecular flexibility index (Phi) is 7.40. The molecule has 1 aromatic carbocycles. The molecule has 0 bridgehead atoms. The van der Waals surface area contributed by atoms with Gasteiger partial charge in [-0.3, -0.25) is 19.1 Å². The van der Waals surface area contributed by atoms with Gasteiger partial charge in [-0.2, -0.15) is 0 Å². The van der Waals surface area contributed by atoms with Gasteiger partial charge in [0.05, 0.1) is 41.6 Å². The van der Waals surface area contributed by atoms with Crippen molar-refractivity contribution in [2.24, 2.45) is 0 Å². The molecule has 1 saturated heterocycles. The molecule has 5 rings (SSSR count). The summed E-state index contributed by atoms with van der Waals surface area (Å²) in [6, 6.07) is 9.69. The van der Waals surface area contributed by atoms with Crippen molar-refractivity contribution in [3.63, 3.8) is 0 Å². The molecule has 4 heterocycles. The number of nitrogens with zero attached hydrogens (tertiary/aromatic N) is 5. The SMILES string of the molecule is CC(C)(C)OC(=O)N1CCC(n2c(=O)n(Cc3ncc4ccccc4c3C#CCCO)c3cnccc32)CC1. The van der Waals surface area contributed by atoms with Crippen LogP contribution in [0.2, 0.25) is 0 Å². The average molecular weight is 528 g/mol. The molecule has 9 heteroatoms. The normalized spacial score (nSPS) is 14.4. The van der Waals surface area contributed by atoms with Gasteiger partial charge in [0.2, 0.25) is 0 Å². The van der Waals surface area contributed by atoms with Crippen molar-refractivity contribution in [1.82, 2.24) is 24.0 Å². The highest BCUT2D eigenvalue weighted by molar-refractivity contribution is 5.88. The summed E-state index contributed by atoms with van der Waals surface area (Å²) in [6.45, 7) is 6.81. The Morgan fingerprint density at radius 3 is 2.64 bits per heavy atom. The first kappa shape index (κ1) is 26.4. The minimum atomic E-state index is -0.552. The molecule has 39 heavy (non-hydrogen) atoms. The number of carbonyl (C=O) groups is 1. The van der Waals surface area contributed by atoms with E-state index in [9.17, 15) is 14.7 Å². The largest absolute Gasteiger partial charge is 0.444 e. The van der Waals surface area contributed by atoms with Gasteiger partial charge < -0.3 is 14.7 Å². The summed E-state index contributed by atoms with van der Waals surface area (Å²) < 4.78 is 9.07. The van der Waals surface area contributed by atoms with Crippen LogP contribution < -0.4 is 5.69 Å². The maximum Gasteiger partial charge on any atom is 0.410 e. The predicted octanol–water partition coefficient (Wildman–Crippen LogP) is 4.10. The minimum absolute atomic E-state index is 0.0219. The van der Waals surface area contributed by atoms with Crippen LogP contribution >= 0.6 is 0 Å². The average Bonchev–Trinajstić information content (AvgIpc) is 3.19. The quantitative estimate of drug-likeness (QED) is 0.401. The number of likely N-dealkylation sites (tertiary alicyclic amines) is 1. The molecule has 0 atom stereocenters. The fraction of sp³-hybridized carbons (Fsp3) is 0.400. The fourth-order valence-electron chi connectivity index (χ4n) is 5.09. The zero-order chi connectivity index (χ0) is 27.6. The number of aliphatic hydroxyl groups is 1. The van der Waals surface area contributed by atoms with Crippen LogP contribution in [-0.4, -0.2) is 60.5 Å². The molecule has 4 aromatic rings. The molecule has 0 radical (unpaired) electrons. The van der Waals surface area contributed by atoms with Crippen molar-refractivity contribution in [1.29, 1.82) is 0 Å². The lowest BCUT2D eigenvalue weighted by Crippen LogP contribution is -2.43. The first-order valence-corrected chi connectivity index (χ1v) is 13.3. The van der Waals surface area contributed by atoms with E-state index < -0.39 is 5.60 Å². The van der Waals surface area contributed by atoms with E-state index in [0.717, 1.165) is 27.4 Å². The molecule has 1 aliphatic heterocycles. The second-order valence-electron chi connectivity index (χ2n) is 10.7. The number of imidazole rings is 1. The van der Waals surface area contributed by atoms with Crippen LogP contribution in [0.25, 0.3) is 21.8 Å². The van der Waals surface area contributed by atoms with Gasteiger partial charge in [0.1, 0.15) is 5.60 Å². The molecule has 0 spiro atoms. The van der Waals surface area contributed by atoms with E-state index >= 15 is 0 Å². The predicted molar refractivity (Wildman–Crippen MR) is 149 cm³/mol. The third kappa shape index (κ3) is 5.52. The summed E-state index contributed by atoms with van der Waals surface area (Å²) in [7, 11) is 0. The second kappa shape index (κ2) is 10.9. The number of ether oxygens (including phenoxy) is 1. The number of amides is 1. The molecule has 1 N–H and O–H groups in total. The standard InChI is InChI=1S/C30H33N5O4/c1-30(2,3)39-29(38)33-15-12-22(13-16-33)35-26-11-14-31-19-27(26)34(28(35)37)20-25-24(10-6-7-17-36)23-9-5-4-8-21(23)18-32-25/h4-5,8-9,11,14,18-19,22,36H,7,12-13,15-17,20H2,1-3H3. The molecule has 1 fully saturated rings. The van der Waals surface area contributed by atoms with Gasteiger partial charge in [-0.15, -0.1) is 0 Å². The van der Waals surface area contributed by atoms with E-state index in [2.05, 4.69) is 16.8 Å². The van der Waals surface area contributed by atoms with Crippen LogP contribution in [0.3, 0.4) is 0 Å². The van der Waals surface area contributed by atoms with Gasteiger partial charge in [-0.25, -0.2) is 9.59 Å². The number of piperidine rings is 1. The van der Waals surface area contributed by atoms with Crippen LogP contribution in [0.4, 0.5) is 4.79 Å². The molecular formula is C30H33N5O4. The number of aromatic nitrogens is 4. The van der Waals surface area contributed by atoms with Crippen LogP contribution in [-0.2, 0) is 11.3 Å². The van der Waals surface area contributed by atoms with Gasteiger partial charge in [-0.1, -0.05) is 36.1 Å². The highest BCUT2D eigenvalue weighted by Gasteiger charge is 2.30. The molecule has 1 aliphatic rings. The first-order chi connectivity index (χ1) is 18.8. The van der Waals surface area contributed by atoms with Gasteiger partial charge in [-0.05, 0) is 39.7 Å². The molecule has 3 aromatic heterocycles. The summed E-state index contributed by atoms with van der Waals surface area (Å²) in [5.41, 5.74) is 2.27. The molecule has 0 unspecified atom stereocenters. The number of hydrogen-bond acceptors (Lipinski definition) is 6. The van der Waals surface area contributed by atoms with Gasteiger partial charge in [0.15, 0.2) is 0 Å². The maximum atomic E-state index is 13.9. The van der Waals surface area contributed by atoms with Crippen molar-refractivity contribution in [2.75, 3.05) is 19.7 Å².